The molecular weight excluding hydrogens is 398 g/mol. The van der Waals surface area contributed by atoms with E-state index in [0.717, 1.165) is 12.8 Å². The zero-order chi connectivity index (χ0) is 20.0. The first-order chi connectivity index (χ1) is 13.2. The average Bonchev–Trinajstić information content (AvgIpc) is 2.66. The predicted octanol–water partition coefficient (Wildman–Crippen LogP) is 8.10. The summed E-state index contributed by atoms with van der Waals surface area (Å²) in [5.41, 5.74) is 1.32. The number of carboxylic acids is 1. The summed E-state index contributed by atoms with van der Waals surface area (Å²) in [6, 6.07) is 10.3. The Morgan fingerprint density at radius 3 is 1.68 bits per heavy atom. The summed E-state index contributed by atoms with van der Waals surface area (Å²) in [6.07, 6.45) is 21.2. The first-order valence-corrected chi connectivity index (χ1v) is 11.0. The molecule has 28 heavy (non-hydrogen) atoms. The molecule has 3 heteroatoms. The zero-order valence-electron chi connectivity index (χ0n) is 18.5. The van der Waals surface area contributed by atoms with Crippen molar-refractivity contribution in [2.45, 2.75) is 104 Å². The third-order valence-electron chi connectivity index (χ3n) is 4.59. The van der Waals surface area contributed by atoms with E-state index >= 15 is 0 Å². The fourth-order valence-corrected chi connectivity index (χ4v) is 2.88. The minimum Gasteiger partial charge on any atom is -0.481 e. The minimum absolute atomic E-state index is 0. The van der Waals surface area contributed by atoms with Crippen molar-refractivity contribution >= 4 is 5.97 Å². The van der Waals surface area contributed by atoms with Crippen LogP contribution in [0, 0.1) is 6.92 Å². The number of benzene rings is 1. The Morgan fingerprint density at radius 1 is 0.786 bits per heavy atom. The van der Waals surface area contributed by atoms with E-state index in [1.54, 1.807) is 0 Å². The topological polar surface area (TPSA) is 37.3 Å². The number of carbonyl (C=O) groups is 1. The van der Waals surface area contributed by atoms with E-state index in [2.05, 4.69) is 38.1 Å². The molecule has 1 aromatic rings. The molecule has 0 unspecified atom stereocenters. The van der Waals surface area contributed by atoms with Gasteiger partial charge in [0.05, 0.1) is 0 Å². The van der Waals surface area contributed by atoms with Gasteiger partial charge >= 0.3 is 5.97 Å². The summed E-state index contributed by atoms with van der Waals surface area (Å²) in [6.45, 7) is 4.34. The van der Waals surface area contributed by atoms with Crippen LogP contribution in [-0.4, -0.2) is 11.1 Å². The van der Waals surface area contributed by atoms with Gasteiger partial charge in [-0.15, -0.1) is 0 Å². The van der Waals surface area contributed by atoms with E-state index in [4.69, 9.17) is 5.11 Å². The van der Waals surface area contributed by atoms with Gasteiger partial charge in [0.2, 0.25) is 0 Å². The van der Waals surface area contributed by atoms with Crippen molar-refractivity contribution in [3.63, 3.8) is 0 Å². The van der Waals surface area contributed by atoms with E-state index < -0.39 is 5.97 Å². The summed E-state index contributed by atoms with van der Waals surface area (Å²) in [5, 5.41) is 8.51. The van der Waals surface area contributed by atoms with Crippen molar-refractivity contribution in [1.29, 1.82) is 0 Å². The molecule has 1 aromatic carbocycles. The maximum absolute atomic E-state index is 10.3. The van der Waals surface area contributed by atoms with Crippen LogP contribution in [0.2, 0.25) is 0 Å². The monoisotopic (exact) mass is 438 g/mol. The van der Waals surface area contributed by atoms with Crippen LogP contribution in [0.5, 0.6) is 0 Å². The second kappa shape index (κ2) is 24.1. The van der Waals surface area contributed by atoms with Gasteiger partial charge in [-0.05, 0) is 39.0 Å². The van der Waals surface area contributed by atoms with Gasteiger partial charge in [-0.2, -0.15) is 0 Å². The van der Waals surface area contributed by atoms with Gasteiger partial charge in [0.15, 0.2) is 0 Å². The number of allylic oxidation sites excluding steroid dienone is 2. The molecule has 0 fully saturated rings. The molecular formula is C25H42O2Zn. The van der Waals surface area contributed by atoms with Crippen LogP contribution >= 0.6 is 0 Å². The van der Waals surface area contributed by atoms with Crippen LogP contribution in [0.3, 0.4) is 0 Å². The molecule has 0 aliphatic heterocycles. The van der Waals surface area contributed by atoms with Crippen molar-refractivity contribution in [1.82, 2.24) is 0 Å². The van der Waals surface area contributed by atoms with E-state index in [1.807, 2.05) is 18.2 Å². The Labute approximate surface area is 187 Å². The van der Waals surface area contributed by atoms with Gasteiger partial charge < -0.3 is 5.11 Å². The van der Waals surface area contributed by atoms with Crippen molar-refractivity contribution in [3.8, 4) is 0 Å². The summed E-state index contributed by atoms with van der Waals surface area (Å²) < 4.78 is 0. The molecule has 0 amide bonds. The molecule has 0 heterocycles. The van der Waals surface area contributed by atoms with E-state index in [0.29, 0.717) is 6.42 Å². The summed E-state index contributed by atoms with van der Waals surface area (Å²) >= 11 is 0. The number of hydrogen-bond donors (Lipinski definition) is 1. The molecule has 0 spiro atoms. The normalized spacial score (nSPS) is 10.2. The molecule has 1 N–H and O–H groups in total. The first kappa shape index (κ1) is 29.3. The number of unbranched alkanes of at least 4 members (excludes halogenated alkanes) is 11. The molecule has 0 saturated carbocycles. The van der Waals surface area contributed by atoms with Gasteiger partial charge in [0, 0.05) is 25.9 Å². The van der Waals surface area contributed by atoms with E-state index in [9.17, 15) is 4.79 Å². The predicted molar refractivity (Wildman–Crippen MR) is 118 cm³/mol. The molecule has 156 valence electrons. The maximum Gasteiger partial charge on any atom is 0.303 e. The Balaban J connectivity index is 0. The van der Waals surface area contributed by atoms with E-state index in [1.165, 1.54) is 76.2 Å². The van der Waals surface area contributed by atoms with Crippen LogP contribution in [0.1, 0.15) is 102 Å². The number of hydrogen-bond acceptors (Lipinski definition) is 1. The molecule has 2 nitrogen and oxygen atoms in total. The van der Waals surface area contributed by atoms with Gasteiger partial charge in [-0.3, -0.25) is 4.79 Å². The smallest absolute Gasteiger partial charge is 0.303 e. The van der Waals surface area contributed by atoms with Gasteiger partial charge in [0.25, 0.3) is 0 Å². The van der Waals surface area contributed by atoms with Crippen molar-refractivity contribution < 1.29 is 29.4 Å². The van der Waals surface area contributed by atoms with Gasteiger partial charge in [-0.25, -0.2) is 0 Å². The largest absolute Gasteiger partial charge is 0.481 e. The van der Waals surface area contributed by atoms with Crippen molar-refractivity contribution in [2.75, 3.05) is 0 Å². The number of carboxylic acid groups (broad SMARTS) is 1. The maximum atomic E-state index is 10.3. The molecule has 0 radical (unpaired) electrons. The quantitative estimate of drug-likeness (QED) is 0.170. The van der Waals surface area contributed by atoms with Crippen molar-refractivity contribution in [2.24, 2.45) is 0 Å². The van der Waals surface area contributed by atoms with Crippen molar-refractivity contribution in [3.05, 3.63) is 48.0 Å². The SMILES string of the molecule is CCCCCCCC/C=C\CCCCCCCC(=O)O.Cc1ccccc1.[Zn]. The fraction of sp³-hybridized carbons (Fsp3) is 0.640. The van der Waals surface area contributed by atoms with Crippen LogP contribution < -0.4 is 0 Å². The van der Waals surface area contributed by atoms with Gasteiger partial charge in [-0.1, -0.05) is 106 Å². The third kappa shape index (κ3) is 25.1. The molecule has 0 aromatic heterocycles. The summed E-state index contributed by atoms with van der Waals surface area (Å²) in [4.78, 5) is 10.3. The molecule has 0 aliphatic rings. The van der Waals surface area contributed by atoms with E-state index in [-0.39, 0.29) is 19.5 Å². The molecule has 1 rings (SSSR count). The third-order valence-corrected chi connectivity index (χ3v) is 4.59. The Kier molecular flexibility index (Phi) is 25.2. The number of aliphatic carboxylic acids is 1. The summed E-state index contributed by atoms with van der Waals surface area (Å²) in [7, 11) is 0. The first-order valence-electron chi connectivity index (χ1n) is 11.0. The summed E-state index contributed by atoms with van der Waals surface area (Å²) in [5.74, 6) is -0.664. The molecule has 0 bridgehead atoms. The molecule has 0 atom stereocenters. The average molecular weight is 440 g/mol. The van der Waals surface area contributed by atoms with Crippen LogP contribution in [0.4, 0.5) is 0 Å². The Hall–Kier alpha value is -0.947. The van der Waals surface area contributed by atoms with Crippen LogP contribution in [0.15, 0.2) is 42.5 Å². The fourth-order valence-electron chi connectivity index (χ4n) is 2.88. The number of aryl methyl sites for hydroxylation is 1. The Morgan fingerprint density at radius 2 is 1.25 bits per heavy atom. The number of rotatable bonds is 15. The molecule has 0 aliphatic carbocycles. The minimum atomic E-state index is -0.664. The van der Waals surface area contributed by atoms with Crippen LogP contribution in [-0.2, 0) is 24.3 Å². The van der Waals surface area contributed by atoms with Crippen LogP contribution in [0.25, 0.3) is 0 Å². The second-order valence-corrected chi connectivity index (χ2v) is 7.38. The Bertz CT molecular complexity index is 457. The van der Waals surface area contributed by atoms with Gasteiger partial charge in [0.1, 0.15) is 0 Å². The zero-order valence-corrected chi connectivity index (χ0v) is 21.5. The standard InChI is InChI=1S/C18H34O2.C7H8.Zn/c1-2-3-4-5-6-7-8-9-10-11-12-13-14-15-16-17-18(19)20;1-7-5-3-2-4-6-7;/h9-10H,2-8,11-17H2,1H3,(H,19,20);2-6H,1H3;/b10-9-;;. The second-order valence-electron chi connectivity index (χ2n) is 7.38. The molecule has 0 saturated heterocycles.